The lowest BCUT2D eigenvalue weighted by Gasteiger charge is -2.03. The van der Waals surface area contributed by atoms with E-state index >= 15 is 0 Å². The van der Waals surface area contributed by atoms with Crippen molar-refractivity contribution < 1.29 is 0 Å². The van der Waals surface area contributed by atoms with Gasteiger partial charge < -0.3 is 0 Å². The van der Waals surface area contributed by atoms with Crippen LogP contribution in [0.1, 0.15) is 59.8 Å². The summed E-state index contributed by atoms with van der Waals surface area (Å²) in [7, 11) is 0. The van der Waals surface area contributed by atoms with Gasteiger partial charge in [-0.1, -0.05) is 84.0 Å². The Kier molecular flexibility index (Phi) is 13.3. The van der Waals surface area contributed by atoms with Gasteiger partial charge in [0, 0.05) is 16.8 Å². The van der Waals surface area contributed by atoms with Crippen molar-refractivity contribution in [1.29, 1.82) is 0 Å². The van der Waals surface area contributed by atoms with Crippen LogP contribution in [0.3, 0.4) is 0 Å². The predicted molar refractivity (Wildman–Crippen MR) is 120 cm³/mol. The molecule has 0 fully saturated rings. The molecule has 0 saturated carbocycles. The monoisotopic (exact) mass is 355 g/mol. The fourth-order valence-electron chi connectivity index (χ4n) is 2.11. The molecule has 0 bridgehead atoms. The number of hydrogen-bond donors (Lipinski definition) is 0. The molecule has 1 nitrogen and oxygen atoms in total. The topological polar surface area (TPSA) is 12.4 Å². The van der Waals surface area contributed by atoms with Gasteiger partial charge in [-0.2, -0.15) is 0 Å². The van der Waals surface area contributed by atoms with Crippen LogP contribution < -0.4 is 0 Å². The molecule has 0 amide bonds. The molecule has 0 spiro atoms. The van der Waals surface area contributed by atoms with Crippen LogP contribution in [0, 0.1) is 0 Å². The highest BCUT2D eigenvalue weighted by atomic mass is 32.1. The van der Waals surface area contributed by atoms with Gasteiger partial charge in [0.25, 0.3) is 0 Å². The normalized spacial score (nSPS) is 14.0. The Morgan fingerprint density at radius 1 is 1.00 bits per heavy atom. The van der Waals surface area contributed by atoms with Crippen molar-refractivity contribution in [3.8, 4) is 0 Å². The third kappa shape index (κ3) is 7.23. The first kappa shape index (κ1) is 23.1. The number of nitrogens with zero attached hydrogens (tertiary/aromatic N) is 1. The Balaban J connectivity index is 0.000000871. The zero-order chi connectivity index (χ0) is 19.1. The number of hydrogen-bond acceptors (Lipinski definition) is 2. The fourth-order valence-corrected chi connectivity index (χ4v) is 3.19. The standard InChI is InChI=1S/C17H15NS.3C2H6/c1-2-15(18-14-9-4-3-5-10-14)17-12-13-8-6-7-11-16(13)19-17;3*1-2/h2-9,11-12H,10H2,1H3;3*1-2H3/b15-2-,18-14?;;;. The summed E-state index contributed by atoms with van der Waals surface area (Å²) >= 11 is 1.80. The maximum absolute atomic E-state index is 4.77. The maximum Gasteiger partial charge on any atom is 0.0762 e. The highest BCUT2D eigenvalue weighted by Gasteiger charge is 2.06. The van der Waals surface area contributed by atoms with E-state index in [4.69, 9.17) is 4.99 Å². The van der Waals surface area contributed by atoms with Crippen molar-refractivity contribution in [3.63, 3.8) is 0 Å². The van der Waals surface area contributed by atoms with E-state index in [0.29, 0.717) is 0 Å². The number of rotatable bonds is 2. The summed E-state index contributed by atoms with van der Waals surface area (Å²) < 4.78 is 1.32. The van der Waals surface area contributed by atoms with E-state index in [9.17, 15) is 0 Å². The number of aliphatic imine (C=N–C) groups is 1. The quantitative estimate of drug-likeness (QED) is 0.513. The van der Waals surface area contributed by atoms with E-state index < -0.39 is 0 Å². The summed E-state index contributed by atoms with van der Waals surface area (Å²) in [6.45, 7) is 14.0. The van der Waals surface area contributed by atoms with Crippen molar-refractivity contribution in [1.82, 2.24) is 0 Å². The molecule has 0 atom stereocenters. The molecule has 136 valence electrons. The summed E-state index contributed by atoms with van der Waals surface area (Å²) in [6, 6.07) is 10.7. The van der Waals surface area contributed by atoms with E-state index in [1.807, 2.05) is 54.5 Å². The number of thiophene rings is 1. The first-order valence-electron chi connectivity index (χ1n) is 9.43. The molecule has 1 heterocycles. The summed E-state index contributed by atoms with van der Waals surface area (Å²) in [5.41, 5.74) is 2.18. The lowest BCUT2D eigenvalue weighted by Crippen LogP contribution is -1.94. The Morgan fingerprint density at radius 3 is 2.24 bits per heavy atom. The van der Waals surface area contributed by atoms with Crippen LogP contribution in [0.2, 0.25) is 0 Å². The van der Waals surface area contributed by atoms with Crippen molar-refractivity contribution in [2.75, 3.05) is 0 Å². The van der Waals surface area contributed by atoms with E-state index in [-0.39, 0.29) is 0 Å². The van der Waals surface area contributed by atoms with Crippen LogP contribution in [0.15, 0.2) is 65.7 Å². The van der Waals surface area contributed by atoms with Gasteiger partial charge in [0.2, 0.25) is 0 Å². The molecule has 25 heavy (non-hydrogen) atoms. The lowest BCUT2D eigenvalue weighted by molar-refractivity contribution is 1.40. The first-order chi connectivity index (χ1) is 12.4. The zero-order valence-electron chi connectivity index (χ0n) is 16.8. The van der Waals surface area contributed by atoms with Gasteiger partial charge >= 0.3 is 0 Å². The SMILES string of the molecule is C/C=C(\N=C1C=CC=CC1)c1cc2ccccc2s1.CC.CC.CC. The highest BCUT2D eigenvalue weighted by Crippen LogP contribution is 2.31. The Bertz CT molecular complexity index is 682. The van der Waals surface area contributed by atoms with Gasteiger partial charge in [-0.15, -0.1) is 11.3 Å². The molecular formula is C23H33NS. The average molecular weight is 356 g/mol. The second kappa shape index (κ2) is 14.4. The predicted octanol–water partition coefficient (Wildman–Crippen LogP) is 8.30. The smallest absolute Gasteiger partial charge is 0.0762 e. The van der Waals surface area contributed by atoms with E-state index in [1.54, 1.807) is 11.3 Å². The largest absolute Gasteiger partial charge is 0.252 e. The van der Waals surface area contributed by atoms with Gasteiger partial charge in [-0.05, 0) is 30.5 Å². The second-order valence-electron chi connectivity index (χ2n) is 4.42. The molecule has 0 saturated heterocycles. The summed E-state index contributed by atoms with van der Waals surface area (Å²) in [4.78, 5) is 6.00. The summed E-state index contributed by atoms with van der Waals surface area (Å²) in [5.74, 6) is 0. The molecule has 1 aliphatic rings. The van der Waals surface area contributed by atoms with Gasteiger partial charge in [-0.25, -0.2) is 0 Å². The third-order valence-electron chi connectivity index (χ3n) is 3.08. The average Bonchev–Trinajstić information content (AvgIpc) is 3.15. The van der Waals surface area contributed by atoms with Crippen LogP contribution in [-0.4, -0.2) is 5.71 Å². The molecule has 0 unspecified atom stereocenters. The number of fused-ring (bicyclic) bond motifs is 1. The molecule has 3 rings (SSSR count). The number of benzene rings is 1. The summed E-state index contributed by atoms with van der Waals surface area (Å²) in [6.07, 6.45) is 11.3. The van der Waals surface area contributed by atoms with Gasteiger partial charge in [0.15, 0.2) is 0 Å². The van der Waals surface area contributed by atoms with Crippen molar-refractivity contribution in [2.45, 2.75) is 54.9 Å². The van der Waals surface area contributed by atoms with Crippen LogP contribution in [-0.2, 0) is 0 Å². The Morgan fingerprint density at radius 2 is 1.68 bits per heavy atom. The van der Waals surface area contributed by atoms with Crippen LogP contribution >= 0.6 is 11.3 Å². The van der Waals surface area contributed by atoms with Gasteiger partial charge in [0.05, 0.1) is 10.6 Å². The van der Waals surface area contributed by atoms with Crippen LogP contribution in [0.4, 0.5) is 0 Å². The second-order valence-corrected chi connectivity index (χ2v) is 5.50. The molecule has 1 aromatic carbocycles. The van der Waals surface area contributed by atoms with Gasteiger partial charge in [0.1, 0.15) is 0 Å². The molecule has 1 aromatic heterocycles. The molecule has 0 radical (unpaired) electrons. The minimum absolute atomic E-state index is 0.915. The lowest BCUT2D eigenvalue weighted by atomic mass is 10.1. The molecule has 0 aliphatic heterocycles. The minimum atomic E-state index is 0.915. The molecular weight excluding hydrogens is 322 g/mol. The number of allylic oxidation sites excluding steroid dienone is 5. The Labute approximate surface area is 158 Å². The fraction of sp³-hybridized carbons (Fsp3) is 0.348. The van der Waals surface area contributed by atoms with Crippen molar-refractivity contribution in [3.05, 3.63) is 65.6 Å². The molecule has 2 aromatic rings. The Hall–Kier alpha value is -1.93. The maximum atomic E-state index is 4.77. The summed E-state index contributed by atoms with van der Waals surface area (Å²) in [5, 5.41) is 1.29. The van der Waals surface area contributed by atoms with Gasteiger partial charge in [-0.3, -0.25) is 4.99 Å². The first-order valence-corrected chi connectivity index (χ1v) is 10.2. The van der Waals surface area contributed by atoms with E-state index in [1.165, 1.54) is 15.0 Å². The van der Waals surface area contributed by atoms with Crippen molar-refractivity contribution >= 4 is 32.8 Å². The molecule has 2 heteroatoms. The minimum Gasteiger partial charge on any atom is -0.252 e. The molecule has 1 aliphatic carbocycles. The van der Waals surface area contributed by atoms with Crippen LogP contribution in [0.25, 0.3) is 15.8 Å². The van der Waals surface area contributed by atoms with Crippen molar-refractivity contribution in [2.24, 2.45) is 4.99 Å². The molecule has 0 N–H and O–H groups in total. The zero-order valence-corrected chi connectivity index (χ0v) is 17.7. The highest BCUT2D eigenvalue weighted by molar-refractivity contribution is 7.20. The van der Waals surface area contributed by atoms with Crippen LogP contribution in [0.5, 0.6) is 0 Å². The van der Waals surface area contributed by atoms with E-state index in [2.05, 4.69) is 54.6 Å². The van der Waals surface area contributed by atoms with E-state index in [0.717, 1.165) is 17.8 Å². The third-order valence-corrected chi connectivity index (χ3v) is 4.22.